The largest absolute Gasteiger partial charge is 0.361 e. The Morgan fingerprint density at radius 1 is 1.27 bits per heavy atom. The van der Waals surface area contributed by atoms with E-state index in [2.05, 4.69) is 46.6 Å². The summed E-state index contributed by atoms with van der Waals surface area (Å²) in [5, 5.41) is 7.60. The van der Waals surface area contributed by atoms with Gasteiger partial charge in [0.1, 0.15) is 5.76 Å². The normalized spacial score (nSPS) is 19.5. The molecule has 0 aliphatic carbocycles. The van der Waals surface area contributed by atoms with Crippen LogP contribution >= 0.6 is 0 Å². The second-order valence-corrected chi connectivity index (χ2v) is 6.09. The third-order valence-electron chi connectivity index (χ3n) is 4.67. The second-order valence-electron chi connectivity index (χ2n) is 6.09. The average molecular weight is 299 g/mol. The zero-order valence-corrected chi connectivity index (χ0v) is 13.7. The van der Waals surface area contributed by atoms with Crippen LogP contribution in [0.2, 0.25) is 0 Å². The molecule has 1 aromatic carbocycles. The second kappa shape index (κ2) is 6.63. The molecule has 1 unspecified atom stereocenters. The number of rotatable bonds is 4. The maximum Gasteiger partial charge on any atom is 0.138 e. The van der Waals surface area contributed by atoms with Crippen molar-refractivity contribution in [3.05, 3.63) is 52.4 Å². The predicted molar refractivity (Wildman–Crippen MR) is 87.8 cm³/mol. The minimum atomic E-state index is 0.411. The van der Waals surface area contributed by atoms with Crippen molar-refractivity contribution in [1.29, 1.82) is 0 Å². The summed E-state index contributed by atoms with van der Waals surface area (Å²) >= 11 is 0. The van der Waals surface area contributed by atoms with Crippen LogP contribution in [0.1, 0.15) is 41.1 Å². The first-order valence-electron chi connectivity index (χ1n) is 8.14. The number of piperazine rings is 1. The van der Waals surface area contributed by atoms with E-state index in [0.717, 1.165) is 44.1 Å². The molecule has 1 atom stereocenters. The Hall–Kier alpha value is -1.65. The van der Waals surface area contributed by atoms with E-state index in [1.165, 1.54) is 16.7 Å². The van der Waals surface area contributed by atoms with Gasteiger partial charge in [0.2, 0.25) is 0 Å². The molecule has 0 amide bonds. The lowest BCUT2D eigenvalue weighted by atomic mass is 10.00. The van der Waals surface area contributed by atoms with Crippen molar-refractivity contribution in [1.82, 2.24) is 15.4 Å². The first-order chi connectivity index (χ1) is 10.7. The van der Waals surface area contributed by atoms with E-state index in [1.54, 1.807) is 0 Å². The maximum absolute atomic E-state index is 5.32. The van der Waals surface area contributed by atoms with E-state index in [4.69, 9.17) is 4.52 Å². The lowest BCUT2D eigenvalue weighted by Crippen LogP contribution is -2.45. The Labute approximate surface area is 132 Å². The van der Waals surface area contributed by atoms with Crippen molar-refractivity contribution in [3.8, 4) is 0 Å². The molecular formula is C18H25N3O. The first kappa shape index (κ1) is 15.3. The highest BCUT2D eigenvalue weighted by Gasteiger charge is 2.25. The lowest BCUT2D eigenvalue weighted by Gasteiger charge is -2.36. The summed E-state index contributed by atoms with van der Waals surface area (Å²) in [5.74, 6) is 0.941. The summed E-state index contributed by atoms with van der Waals surface area (Å²) in [4.78, 5) is 2.53. The monoisotopic (exact) mass is 299 g/mol. The summed E-state index contributed by atoms with van der Waals surface area (Å²) in [6.45, 7) is 10.2. The van der Waals surface area contributed by atoms with Gasteiger partial charge in [-0.05, 0) is 31.4 Å². The van der Waals surface area contributed by atoms with Crippen LogP contribution in [0, 0.1) is 13.8 Å². The van der Waals surface area contributed by atoms with Gasteiger partial charge in [-0.15, -0.1) is 0 Å². The molecule has 1 aromatic heterocycles. The summed E-state index contributed by atoms with van der Waals surface area (Å²) < 4.78 is 5.32. The molecule has 1 aliphatic rings. The minimum absolute atomic E-state index is 0.411. The van der Waals surface area contributed by atoms with Gasteiger partial charge < -0.3 is 9.84 Å². The number of nitrogens with zero attached hydrogens (tertiary/aromatic N) is 2. The third-order valence-corrected chi connectivity index (χ3v) is 4.67. The number of benzene rings is 1. The van der Waals surface area contributed by atoms with Gasteiger partial charge in [0.15, 0.2) is 0 Å². The molecule has 22 heavy (non-hydrogen) atoms. The Balaban J connectivity index is 1.81. The SMILES string of the molecule is CCc1ccc(C2CNCCN2Cc2c(C)noc2C)cc1. The van der Waals surface area contributed by atoms with Crippen molar-refractivity contribution < 1.29 is 4.52 Å². The zero-order chi connectivity index (χ0) is 15.5. The van der Waals surface area contributed by atoms with Crippen LogP contribution in [0.3, 0.4) is 0 Å². The van der Waals surface area contributed by atoms with Crippen LogP contribution in [0.5, 0.6) is 0 Å². The maximum atomic E-state index is 5.32. The number of hydrogen-bond acceptors (Lipinski definition) is 4. The van der Waals surface area contributed by atoms with E-state index >= 15 is 0 Å². The molecular weight excluding hydrogens is 274 g/mol. The summed E-state index contributed by atoms with van der Waals surface area (Å²) in [6, 6.07) is 9.46. The number of aromatic nitrogens is 1. The first-order valence-corrected chi connectivity index (χ1v) is 8.14. The Morgan fingerprint density at radius 3 is 2.68 bits per heavy atom. The summed E-state index contributed by atoms with van der Waals surface area (Å²) in [6.07, 6.45) is 1.09. The van der Waals surface area contributed by atoms with E-state index in [-0.39, 0.29) is 0 Å². The van der Waals surface area contributed by atoms with Crippen LogP contribution < -0.4 is 5.32 Å². The van der Waals surface area contributed by atoms with Gasteiger partial charge in [-0.25, -0.2) is 0 Å². The molecule has 2 heterocycles. The number of aryl methyl sites for hydroxylation is 3. The lowest BCUT2D eigenvalue weighted by molar-refractivity contribution is 0.152. The number of hydrogen-bond donors (Lipinski definition) is 1. The van der Waals surface area contributed by atoms with Crippen LogP contribution in [0.4, 0.5) is 0 Å². The van der Waals surface area contributed by atoms with Crippen LogP contribution in [0.25, 0.3) is 0 Å². The Bertz CT molecular complexity index is 598. The predicted octanol–water partition coefficient (Wildman–Crippen LogP) is 3.00. The molecule has 1 saturated heterocycles. The van der Waals surface area contributed by atoms with Crippen molar-refractivity contribution in [3.63, 3.8) is 0 Å². The molecule has 2 aromatic rings. The van der Waals surface area contributed by atoms with E-state index < -0.39 is 0 Å². The zero-order valence-electron chi connectivity index (χ0n) is 13.7. The summed E-state index contributed by atoms with van der Waals surface area (Å²) in [5.41, 5.74) is 5.02. The molecule has 0 saturated carbocycles. The van der Waals surface area contributed by atoms with E-state index in [0.29, 0.717) is 6.04 Å². The highest BCUT2D eigenvalue weighted by molar-refractivity contribution is 5.27. The summed E-state index contributed by atoms with van der Waals surface area (Å²) in [7, 11) is 0. The molecule has 118 valence electrons. The molecule has 3 rings (SSSR count). The number of nitrogens with one attached hydrogen (secondary N) is 1. The van der Waals surface area contributed by atoms with Gasteiger partial charge in [0, 0.05) is 37.8 Å². The average Bonchev–Trinajstić information content (AvgIpc) is 2.87. The topological polar surface area (TPSA) is 41.3 Å². The van der Waals surface area contributed by atoms with Crippen LogP contribution in [0.15, 0.2) is 28.8 Å². The third kappa shape index (κ3) is 3.08. The molecule has 0 spiro atoms. The quantitative estimate of drug-likeness (QED) is 0.942. The molecule has 0 bridgehead atoms. The van der Waals surface area contributed by atoms with Crippen molar-refractivity contribution in [2.24, 2.45) is 0 Å². The molecule has 4 heteroatoms. The molecule has 0 radical (unpaired) electrons. The Morgan fingerprint density at radius 2 is 2.05 bits per heavy atom. The fourth-order valence-corrected chi connectivity index (χ4v) is 3.17. The Kier molecular flexibility index (Phi) is 4.60. The van der Waals surface area contributed by atoms with Crippen molar-refractivity contribution in [2.75, 3.05) is 19.6 Å². The molecule has 1 aliphatic heterocycles. The van der Waals surface area contributed by atoms with Gasteiger partial charge in [0.05, 0.1) is 5.69 Å². The molecule has 1 N–H and O–H groups in total. The van der Waals surface area contributed by atoms with Gasteiger partial charge in [0.25, 0.3) is 0 Å². The van der Waals surface area contributed by atoms with Gasteiger partial charge >= 0.3 is 0 Å². The smallest absolute Gasteiger partial charge is 0.138 e. The standard InChI is InChI=1S/C18H25N3O/c1-4-15-5-7-16(8-6-15)18-11-19-9-10-21(18)12-17-13(2)20-22-14(17)3/h5-8,18-19H,4,9-12H2,1-3H3. The minimum Gasteiger partial charge on any atom is -0.361 e. The molecule has 4 nitrogen and oxygen atoms in total. The van der Waals surface area contributed by atoms with Gasteiger partial charge in [-0.3, -0.25) is 4.90 Å². The van der Waals surface area contributed by atoms with Gasteiger partial charge in [-0.2, -0.15) is 0 Å². The highest BCUT2D eigenvalue weighted by Crippen LogP contribution is 2.26. The fourth-order valence-electron chi connectivity index (χ4n) is 3.17. The highest BCUT2D eigenvalue weighted by atomic mass is 16.5. The molecule has 1 fully saturated rings. The van der Waals surface area contributed by atoms with Crippen molar-refractivity contribution >= 4 is 0 Å². The van der Waals surface area contributed by atoms with Crippen LogP contribution in [-0.4, -0.2) is 29.7 Å². The van der Waals surface area contributed by atoms with Crippen molar-refractivity contribution in [2.45, 2.75) is 39.8 Å². The van der Waals surface area contributed by atoms with Gasteiger partial charge in [-0.1, -0.05) is 36.3 Å². The van der Waals surface area contributed by atoms with E-state index in [1.807, 2.05) is 13.8 Å². The van der Waals surface area contributed by atoms with Crippen LogP contribution in [-0.2, 0) is 13.0 Å². The van der Waals surface area contributed by atoms with E-state index in [9.17, 15) is 0 Å². The fraction of sp³-hybridized carbons (Fsp3) is 0.500.